The zero-order valence-electron chi connectivity index (χ0n) is 13.9. The Kier molecular flexibility index (Phi) is 5.57. The summed E-state index contributed by atoms with van der Waals surface area (Å²) in [7, 11) is 0. The molecule has 0 saturated heterocycles. The lowest BCUT2D eigenvalue weighted by Gasteiger charge is -2.32. The van der Waals surface area contributed by atoms with E-state index in [-0.39, 0.29) is 6.10 Å². The highest BCUT2D eigenvalue weighted by molar-refractivity contribution is 5.37. The molecule has 118 valence electrons. The minimum absolute atomic E-state index is 0.257. The molecule has 1 aromatic rings. The maximum atomic E-state index is 6.18. The van der Waals surface area contributed by atoms with E-state index in [0.29, 0.717) is 18.3 Å². The summed E-state index contributed by atoms with van der Waals surface area (Å²) in [5.41, 5.74) is 9.28. The van der Waals surface area contributed by atoms with E-state index in [1.807, 2.05) is 0 Å². The molecule has 0 aromatic carbocycles. The number of hydrogen-bond acceptors (Lipinski definition) is 4. The van der Waals surface area contributed by atoms with Crippen molar-refractivity contribution in [3.63, 3.8) is 0 Å². The van der Waals surface area contributed by atoms with Crippen LogP contribution >= 0.6 is 0 Å². The second-order valence-corrected chi connectivity index (χ2v) is 6.33. The molecule has 1 aliphatic carbocycles. The van der Waals surface area contributed by atoms with Crippen molar-refractivity contribution < 1.29 is 4.74 Å². The molecule has 0 bridgehead atoms. The van der Waals surface area contributed by atoms with Crippen LogP contribution in [0.4, 0.5) is 0 Å². The number of hydrogen-bond donors (Lipinski definition) is 1. The normalized spacial score (nSPS) is 25.9. The van der Waals surface area contributed by atoms with Crippen LogP contribution in [0.15, 0.2) is 0 Å². The van der Waals surface area contributed by atoms with Gasteiger partial charge in [0.25, 0.3) is 0 Å². The third-order valence-electron chi connectivity index (χ3n) is 4.95. The zero-order chi connectivity index (χ0) is 15.4. The van der Waals surface area contributed by atoms with E-state index in [1.54, 1.807) is 0 Å². The molecule has 1 fully saturated rings. The van der Waals surface area contributed by atoms with Gasteiger partial charge in [0.05, 0.1) is 5.69 Å². The largest absolute Gasteiger partial charge is 0.473 e. The topological polar surface area (TPSA) is 61.0 Å². The third kappa shape index (κ3) is 3.54. The van der Waals surface area contributed by atoms with Gasteiger partial charge in [0, 0.05) is 12.1 Å². The fourth-order valence-electron chi connectivity index (χ4n) is 3.30. The van der Waals surface area contributed by atoms with Crippen LogP contribution in [0.5, 0.6) is 5.88 Å². The fourth-order valence-corrected chi connectivity index (χ4v) is 3.30. The van der Waals surface area contributed by atoms with Crippen LogP contribution in [0.25, 0.3) is 0 Å². The molecule has 0 spiro atoms. The van der Waals surface area contributed by atoms with E-state index in [2.05, 4.69) is 37.9 Å². The molecule has 1 saturated carbocycles. The van der Waals surface area contributed by atoms with Crippen molar-refractivity contribution in [3.8, 4) is 5.88 Å². The van der Waals surface area contributed by atoms with Gasteiger partial charge in [0.1, 0.15) is 6.10 Å². The minimum atomic E-state index is 0.257. The van der Waals surface area contributed by atoms with Gasteiger partial charge in [-0.25, -0.2) is 0 Å². The molecule has 1 aromatic heterocycles. The van der Waals surface area contributed by atoms with Crippen LogP contribution < -0.4 is 10.5 Å². The Bertz CT molecular complexity index is 475. The molecular formula is C17H29N3O. The Balaban J connectivity index is 2.20. The van der Waals surface area contributed by atoms with Crippen LogP contribution in [-0.4, -0.2) is 16.3 Å². The van der Waals surface area contributed by atoms with Gasteiger partial charge in [0.2, 0.25) is 5.88 Å². The van der Waals surface area contributed by atoms with Gasteiger partial charge >= 0.3 is 0 Å². The first-order valence-electron chi connectivity index (χ1n) is 8.34. The average Bonchev–Trinajstić information content (AvgIpc) is 2.50. The Morgan fingerprint density at radius 2 is 1.81 bits per heavy atom. The molecule has 3 unspecified atom stereocenters. The Labute approximate surface area is 128 Å². The average molecular weight is 291 g/mol. The van der Waals surface area contributed by atoms with E-state index in [1.165, 1.54) is 12.0 Å². The van der Waals surface area contributed by atoms with Gasteiger partial charge in [-0.3, -0.25) is 0 Å². The number of nitrogens with two attached hydrogens (primary N) is 1. The smallest absolute Gasteiger partial charge is 0.238 e. The first kappa shape index (κ1) is 16.2. The molecule has 4 nitrogen and oxygen atoms in total. The Morgan fingerprint density at radius 3 is 2.38 bits per heavy atom. The summed E-state index contributed by atoms with van der Waals surface area (Å²) in [6.07, 6.45) is 5.51. The predicted molar refractivity (Wildman–Crippen MR) is 85.3 cm³/mol. The van der Waals surface area contributed by atoms with Crippen LogP contribution in [0.2, 0.25) is 0 Å². The van der Waals surface area contributed by atoms with Crippen molar-refractivity contribution in [2.75, 3.05) is 0 Å². The Morgan fingerprint density at radius 1 is 1.05 bits per heavy atom. The fraction of sp³-hybridized carbons (Fsp3) is 0.765. The van der Waals surface area contributed by atoms with Gasteiger partial charge in [-0.1, -0.05) is 27.7 Å². The van der Waals surface area contributed by atoms with Crippen LogP contribution in [0.1, 0.15) is 63.8 Å². The third-order valence-corrected chi connectivity index (χ3v) is 4.95. The SMILES string of the molecule is CCc1nnc(OC2CCC(C)C(C)C2)c(CN)c1CC. The molecule has 0 amide bonds. The van der Waals surface area contributed by atoms with Crippen molar-refractivity contribution in [1.82, 2.24) is 10.2 Å². The maximum absolute atomic E-state index is 6.18. The summed E-state index contributed by atoms with van der Waals surface area (Å²) in [5, 5.41) is 8.66. The van der Waals surface area contributed by atoms with E-state index in [4.69, 9.17) is 10.5 Å². The number of aryl methyl sites for hydroxylation is 1. The lowest BCUT2D eigenvalue weighted by atomic mass is 9.80. The molecule has 21 heavy (non-hydrogen) atoms. The number of rotatable bonds is 5. The molecule has 1 aliphatic rings. The van der Waals surface area contributed by atoms with E-state index >= 15 is 0 Å². The highest BCUT2D eigenvalue weighted by atomic mass is 16.5. The second kappa shape index (κ2) is 7.21. The first-order chi connectivity index (χ1) is 10.1. The van der Waals surface area contributed by atoms with Crippen molar-refractivity contribution >= 4 is 0 Å². The van der Waals surface area contributed by atoms with Crippen LogP contribution in [0, 0.1) is 11.8 Å². The monoisotopic (exact) mass is 291 g/mol. The zero-order valence-corrected chi connectivity index (χ0v) is 13.9. The van der Waals surface area contributed by atoms with Gasteiger partial charge in [-0.05, 0) is 49.5 Å². The molecule has 3 atom stereocenters. The predicted octanol–water partition coefficient (Wildman–Crippen LogP) is 3.26. The number of ether oxygens (including phenoxy) is 1. The summed E-state index contributed by atoms with van der Waals surface area (Å²) in [6, 6.07) is 0. The second-order valence-electron chi connectivity index (χ2n) is 6.33. The molecule has 0 radical (unpaired) electrons. The van der Waals surface area contributed by atoms with E-state index in [0.717, 1.165) is 42.9 Å². The quantitative estimate of drug-likeness (QED) is 0.904. The van der Waals surface area contributed by atoms with Crippen LogP contribution in [0.3, 0.4) is 0 Å². The van der Waals surface area contributed by atoms with Gasteiger partial charge in [0.15, 0.2) is 0 Å². The highest BCUT2D eigenvalue weighted by Crippen LogP contribution is 2.32. The summed E-state index contributed by atoms with van der Waals surface area (Å²) >= 11 is 0. The highest BCUT2D eigenvalue weighted by Gasteiger charge is 2.27. The van der Waals surface area contributed by atoms with E-state index < -0.39 is 0 Å². The van der Waals surface area contributed by atoms with Gasteiger partial charge in [-0.2, -0.15) is 5.10 Å². The summed E-state index contributed by atoms with van der Waals surface area (Å²) < 4.78 is 6.18. The molecule has 2 rings (SSSR count). The Hall–Kier alpha value is -1.16. The summed E-state index contributed by atoms with van der Waals surface area (Å²) in [4.78, 5) is 0. The van der Waals surface area contributed by atoms with E-state index in [9.17, 15) is 0 Å². The maximum Gasteiger partial charge on any atom is 0.238 e. The summed E-state index contributed by atoms with van der Waals surface area (Å²) in [5.74, 6) is 2.16. The summed E-state index contributed by atoms with van der Waals surface area (Å²) in [6.45, 7) is 9.36. The van der Waals surface area contributed by atoms with Crippen molar-refractivity contribution in [2.24, 2.45) is 17.6 Å². The molecular weight excluding hydrogens is 262 g/mol. The van der Waals surface area contributed by atoms with Crippen molar-refractivity contribution in [3.05, 3.63) is 16.8 Å². The van der Waals surface area contributed by atoms with Crippen LogP contribution in [-0.2, 0) is 19.4 Å². The standard InChI is InChI=1S/C17H29N3O/c1-5-14-15(10-18)17(20-19-16(14)6-2)21-13-8-7-11(3)12(4)9-13/h11-13H,5-10,18H2,1-4H3. The first-order valence-corrected chi connectivity index (χ1v) is 8.34. The minimum Gasteiger partial charge on any atom is -0.473 e. The van der Waals surface area contributed by atoms with Crippen molar-refractivity contribution in [2.45, 2.75) is 72.4 Å². The molecule has 2 N–H and O–H groups in total. The lowest BCUT2D eigenvalue weighted by molar-refractivity contribution is 0.0943. The number of nitrogens with zero attached hydrogens (tertiary/aromatic N) is 2. The van der Waals surface area contributed by atoms with Crippen molar-refractivity contribution in [1.29, 1.82) is 0 Å². The lowest BCUT2D eigenvalue weighted by Crippen LogP contribution is -2.29. The van der Waals surface area contributed by atoms with Gasteiger partial charge in [-0.15, -0.1) is 5.10 Å². The molecule has 0 aliphatic heterocycles. The molecule has 4 heteroatoms. The van der Waals surface area contributed by atoms with Gasteiger partial charge < -0.3 is 10.5 Å². The number of aromatic nitrogens is 2. The molecule has 1 heterocycles.